The van der Waals surface area contributed by atoms with Crippen LogP contribution in [0.4, 0.5) is 0 Å². The molecule has 1 N–H and O–H groups in total. The second kappa shape index (κ2) is 4.89. The molecule has 3 aliphatic rings. The van der Waals surface area contributed by atoms with Crippen LogP contribution in [0, 0.1) is 5.41 Å². The molecule has 1 nitrogen and oxygen atoms in total. The van der Waals surface area contributed by atoms with Crippen LogP contribution in [0.25, 0.3) is 0 Å². The van der Waals surface area contributed by atoms with Gasteiger partial charge in [0.1, 0.15) is 0 Å². The van der Waals surface area contributed by atoms with E-state index >= 15 is 0 Å². The van der Waals surface area contributed by atoms with E-state index in [1.807, 2.05) is 0 Å². The van der Waals surface area contributed by atoms with Gasteiger partial charge in [0.25, 0.3) is 0 Å². The summed E-state index contributed by atoms with van der Waals surface area (Å²) >= 11 is 2.13. The lowest BCUT2D eigenvalue weighted by Gasteiger charge is -2.38. The van der Waals surface area contributed by atoms with Crippen molar-refractivity contribution < 1.29 is 0 Å². The van der Waals surface area contributed by atoms with E-state index in [0.717, 1.165) is 17.5 Å². The molecule has 2 aliphatic carbocycles. The second-order valence-corrected chi connectivity index (χ2v) is 7.36. The van der Waals surface area contributed by atoms with E-state index in [1.165, 1.54) is 56.5 Å². The average Bonchev–Trinajstić information content (AvgIpc) is 2.94. The molecule has 16 heavy (non-hydrogen) atoms. The Morgan fingerprint density at radius 1 is 0.875 bits per heavy atom. The maximum Gasteiger partial charge on any atom is 0.0168 e. The van der Waals surface area contributed by atoms with Crippen molar-refractivity contribution in [1.29, 1.82) is 0 Å². The van der Waals surface area contributed by atoms with Crippen molar-refractivity contribution in [3.8, 4) is 0 Å². The van der Waals surface area contributed by atoms with Crippen LogP contribution >= 0.6 is 11.8 Å². The average molecular weight is 239 g/mol. The minimum absolute atomic E-state index is 0.808. The maximum atomic E-state index is 3.90. The fourth-order valence-electron chi connectivity index (χ4n) is 4.02. The Morgan fingerprint density at radius 3 is 2.25 bits per heavy atom. The minimum Gasteiger partial charge on any atom is -0.310 e. The molecule has 1 unspecified atom stereocenters. The van der Waals surface area contributed by atoms with E-state index in [2.05, 4.69) is 17.1 Å². The Hall–Kier alpha value is 0.310. The monoisotopic (exact) mass is 239 g/mol. The smallest absolute Gasteiger partial charge is 0.0168 e. The van der Waals surface area contributed by atoms with Gasteiger partial charge in [-0.25, -0.2) is 0 Å². The highest BCUT2D eigenvalue weighted by molar-refractivity contribution is 7.99. The van der Waals surface area contributed by atoms with Gasteiger partial charge in [0.15, 0.2) is 0 Å². The zero-order chi connectivity index (χ0) is 10.8. The third kappa shape index (κ3) is 2.43. The summed E-state index contributed by atoms with van der Waals surface area (Å²) in [5.41, 5.74) is 0.808. The first-order valence-corrected chi connectivity index (χ1v) is 8.36. The summed E-state index contributed by atoms with van der Waals surface area (Å²) in [7, 11) is 0. The van der Waals surface area contributed by atoms with Gasteiger partial charge in [0.2, 0.25) is 0 Å². The molecule has 1 spiro atoms. The highest BCUT2D eigenvalue weighted by Crippen LogP contribution is 2.48. The molecule has 2 heteroatoms. The molecule has 0 aromatic carbocycles. The molecule has 0 bridgehead atoms. The van der Waals surface area contributed by atoms with Crippen molar-refractivity contribution in [2.24, 2.45) is 5.41 Å². The molecular formula is C14H25NS. The molecule has 1 heterocycles. The first-order valence-electron chi connectivity index (χ1n) is 7.20. The van der Waals surface area contributed by atoms with Crippen molar-refractivity contribution in [2.75, 3.05) is 11.5 Å². The van der Waals surface area contributed by atoms with Crippen LogP contribution in [0.5, 0.6) is 0 Å². The van der Waals surface area contributed by atoms with Gasteiger partial charge in [-0.2, -0.15) is 11.8 Å². The lowest BCUT2D eigenvalue weighted by Crippen LogP contribution is -2.42. The molecule has 1 saturated heterocycles. The molecule has 0 radical (unpaired) electrons. The van der Waals surface area contributed by atoms with Crippen molar-refractivity contribution >= 4 is 11.8 Å². The standard InChI is InChI=1S/C14H25NS/c1-2-7-14(6-1)8-3-12(4-9-14)15-13-5-10-16-11-13/h12-13,15H,1-11H2. The zero-order valence-corrected chi connectivity index (χ0v) is 11.2. The normalized spacial score (nSPS) is 34.9. The van der Waals surface area contributed by atoms with Crippen molar-refractivity contribution in [3.05, 3.63) is 0 Å². The highest BCUT2D eigenvalue weighted by Gasteiger charge is 2.37. The lowest BCUT2D eigenvalue weighted by atomic mass is 9.71. The van der Waals surface area contributed by atoms with E-state index < -0.39 is 0 Å². The van der Waals surface area contributed by atoms with Crippen molar-refractivity contribution in [3.63, 3.8) is 0 Å². The Bertz CT molecular complexity index is 219. The fourth-order valence-corrected chi connectivity index (χ4v) is 5.19. The van der Waals surface area contributed by atoms with Gasteiger partial charge in [-0.15, -0.1) is 0 Å². The minimum atomic E-state index is 0.808. The van der Waals surface area contributed by atoms with E-state index in [1.54, 1.807) is 12.8 Å². The first kappa shape index (κ1) is 11.4. The van der Waals surface area contributed by atoms with Crippen LogP contribution in [0.1, 0.15) is 57.8 Å². The van der Waals surface area contributed by atoms with Gasteiger partial charge < -0.3 is 5.32 Å². The number of hydrogen-bond donors (Lipinski definition) is 1. The topological polar surface area (TPSA) is 12.0 Å². The van der Waals surface area contributed by atoms with E-state index in [4.69, 9.17) is 0 Å². The summed E-state index contributed by atoms with van der Waals surface area (Å²) in [4.78, 5) is 0. The SMILES string of the molecule is C1CCC2(C1)CCC(NC1CCSC1)CC2. The Morgan fingerprint density at radius 2 is 1.62 bits per heavy atom. The lowest BCUT2D eigenvalue weighted by molar-refractivity contribution is 0.164. The Kier molecular flexibility index (Phi) is 3.49. The van der Waals surface area contributed by atoms with E-state index in [0.29, 0.717) is 0 Å². The van der Waals surface area contributed by atoms with Crippen LogP contribution in [-0.2, 0) is 0 Å². The largest absolute Gasteiger partial charge is 0.310 e. The van der Waals surface area contributed by atoms with Crippen molar-refractivity contribution in [1.82, 2.24) is 5.32 Å². The number of nitrogens with one attached hydrogen (secondary N) is 1. The van der Waals surface area contributed by atoms with Crippen LogP contribution in [0.3, 0.4) is 0 Å². The van der Waals surface area contributed by atoms with Crippen LogP contribution in [0.15, 0.2) is 0 Å². The summed E-state index contributed by atoms with van der Waals surface area (Å²) in [5, 5.41) is 3.90. The summed E-state index contributed by atoms with van der Waals surface area (Å²) in [6.07, 6.45) is 13.5. The van der Waals surface area contributed by atoms with Crippen LogP contribution in [0.2, 0.25) is 0 Å². The summed E-state index contributed by atoms with van der Waals surface area (Å²) < 4.78 is 0. The summed E-state index contributed by atoms with van der Waals surface area (Å²) in [6, 6.07) is 1.70. The molecule has 0 aromatic rings. The molecule has 0 aromatic heterocycles. The molecule has 3 rings (SSSR count). The summed E-state index contributed by atoms with van der Waals surface area (Å²) in [6.45, 7) is 0. The molecule has 92 valence electrons. The van der Waals surface area contributed by atoms with E-state index in [-0.39, 0.29) is 0 Å². The van der Waals surface area contributed by atoms with Gasteiger partial charge in [0, 0.05) is 17.8 Å². The molecular weight excluding hydrogens is 214 g/mol. The third-order valence-electron chi connectivity index (χ3n) is 5.11. The number of hydrogen-bond acceptors (Lipinski definition) is 2. The highest BCUT2D eigenvalue weighted by atomic mass is 32.2. The Labute approximate surface area is 104 Å². The predicted molar refractivity (Wildman–Crippen MR) is 72.0 cm³/mol. The first-order chi connectivity index (χ1) is 7.86. The van der Waals surface area contributed by atoms with Gasteiger partial charge in [-0.3, -0.25) is 0 Å². The van der Waals surface area contributed by atoms with Gasteiger partial charge in [0.05, 0.1) is 0 Å². The van der Waals surface area contributed by atoms with Gasteiger partial charge in [-0.1, -0.05) is 12.8 Å². The van der Waals surface area contributed by atoms with Crippen LogP contribution < -0.4 is 5.32 Å². The summed E-state index contributed by atoms with van der Waals surface area (Å²) in [5.74, 6) is 2.75. The van der Waals surface area contributed by atoms with E-state index in [9.17, 15) is 0 Å². The van der Waals surface area contributed by atoms with Crippen LogP contribution in [-0.4, -0.2) is 23.6 Å². The zero-order valence-electron chi connectivity index (χ0n) is 10.3. The second-order valence-electron chi connectivity index (χ2n) is 6.21. The number of thioether (sulfide) groups is 1. The predicted octanol–water partition coefficient (Wildman–Crippen LogP) is 3.58. The maximum absolute atomic E-state index is 3.90. The molecule has 1 atom stereocenters. The molecule has 3 fully saturated rings. The quantitative estimate of drug-likeness (QED) is 0.790. The molecule has 0 amide bonds. The van der Waals surface area contributed by atoms with Gasteiger partial charge >= 0.3 is 0 Å². The molecule has 2 saturated carbocycles. The molecule has 1 aliphatic heterocycles. The fraction of sp³-hybridized carbons (Fsp3) is 1.00. The Balaban J connectivity index is 1.46. The number of rotatable bonds is 2. The third-order valence-corrected chi connectivity index (χ3v) is 6.27. The van der Waals surface area contributed by atoms with Crippen molar-refractivity contribution in [2.45, 2.75) is 69.9 Å². The van der Waals surface area contributed by atoms with Gasteiger partial charge in [-0.05, 0) is 56.1 Å².